The summed E-state index contributed by atoms with van der Waals surface area (Å²) in [6.45, 7) is 0.201. The predicted octanol–water partition coefficient (Wildman–Crippen LogP) is 4.28. The van der Waals surface area contributed by atoms with Gasteiger partial charge in [0, 0.05) is 18.2 Å². The van der Waals surface area contributed by atoms with E-state index in [9.17, 15) is 9.59 Å². The molecule has 5 heteroatoms. The summed E-state index contributed by atoms with van der Waals surface area (Å²) in [6, 6.07) is 22.8. The van der Waals surface area contributed by atoms with E-state index in [1.807, 2.05) is 66.7 Å². The molecule has 0 aliphatic carbocycles. The first-order valence-electron chi connectivity index (χ1n) is 9.09. The Bertz CT molecular complexity index is 931. The summed E-state index contributed by atoms with van der Waals surface area (Å²) < 4.78 is 16.0. The molecule has 1 unspecified atom stereocenters. The minimum atomic E-state index is -0.889. The molecule has 28 heavy (non-hydrogen) atoms. The van der Waals surface area contributed by atoms with Gasteiger partial charge in [-0.15, -0.1) is 0 Å². The van der Waals surface area contributed by atoms with Crippen molar-refractivity contribution in [3.63, 3.8) is 0 Å². The van der Waals surface area contributed by atoms with Crippen molar-refractivity contribution in [2.75, 3.05) is 7.11 Å². The summed E-state index contributed by atoms with van der Waals surface area (Å²) >= 11 is 0. The van der Waals surface area contributed by atoms with Crippen LogP contribution in [0, 0.1) is 0 Å². The zero-order valence-electron chi connectivity index (χ0n) is 15.7. The maximum atomic E-state index is 12.1. The minimum absolute atomic E-state index is 0.0529. The second-order valence-electron chi connectivity index (χ2n) is 6.29. The molecule has 0 radical (unpaired) electrons. The van der Waals surface area contributed by atoms with Crippen LogP contribution < -0.4 is 4.74 Å². The van der Waals surface area contributed by atoms with E-state index in [2.05, 4.69) is 0 Å². The van der Waals surface area contributed by atoms with Crippen LogP contribution in [0.25, 0.3) is 10.8 Å². The zero-order valence-corrected chi connectivity index (χ0v) is 15.7. The van der Waals surface area contributed by atoms with Gasteiger partial charge in [-0.2, -0.15) is 0 Å². The molecule has 0 aliphatic heterocycles. The van der Waals surface area contributed by atoms with Gasteiger partial charge in [0.05, 0.1) is 7.11 Å². The number of hydrogen-bond acceptors (Lipinski definition) is 5. The van der Waals surface area contributed by atoms with Crippen molar-refractivity contribution in [3.8, 4) is 5.75 Å². The second-order valence-corrected chi connectivity index (χ2v) is 6.29. The third-order valence-corrected chi connectivity index (χ3v) is 4.34. The van der Waals surface area contributed by atoms with E-state index < -0.39 is 12.1 Å². The summed E-state index contributed by atoms with van der Waals surface area (Å²) in [5.41, 5.74) is 0.910. The summed E-state index contributed by atoms with van der Waals surface area (Å²) in [7, 11) is 1.30. The van der Waals surface area contributed by atoms with Crippen molar-refractivity contribution < 1.29 is 23.8 Å². The third-order valence-electron chi connectivity index (χ3n) is 4.34. The van der Waals surface area contributed by atoms with Crippen molar-refractivity contribution in [1.82, 2.24) is 0 Å². The largest absolute Gasteiger partial charge is 0.478 e. The SMILES string of the molecule is COC(=O)C(CCC(=O)OCc1ccccc1)Oc1cccc2ccccc12. The Labute approximate surface area is 163 Å². The average Bonchev–Trinajstić information content (AvgIpc) is 2.75. The first-order valence-corrected chi connectivity index (χ1v) is 9.09. The first kappa shape index (κ1) is 19.4. The van der Waals surface area contributed by atoms with Gasteiger partial charge < -0.3 is 14.2 Å². The molecular formula is C23H22O5. The molecule has 0 heterocycles. The highest BCUT2D eigenvalue weighted by molar-refractivity contribution is 5.88. The highest BCUT2D eigenvalue weighted by Gasteiger charge is 2.23. The number of fused-ring (bicyclic) bond motifs is 1. The highest BCUT2D eigenvalue weighted by Crippen LogP contribution is 2.27. The standard InChI is InChI=1S/C23H22O5/c1-26-23(25)21(14-15-22(24)27-16-17-8-3-2-4-9-17)28-20-13-7-11-18-10-5-6-12-19(18)20/h2-13,21H,14-16H2,1H3. The van der Waals surface area contributed by atoms with Crippen LogP contribution in [0.5, 0.6) is 5.75 Å². The monoisotopic (exact) mass is 378 g/mol. The number of methoxy groups -OCH3 is 1. The lowest BCUT2D eigenvalue weighted by Crippen LogP contribution is -2.29. The van der Waals surface area contributed by atoms with Crippen molar-refractivity contribution in [2.45, 2.75) is 25.6 Å². The summed E-state index contributed by atoms with van der Waals surface area (Å²) in [5.74, 6) is -0.339. The zero-order chi connectivity index (χ0) is 19.8. The smallest absolute Gasteiger partial charge is 0.347 e. The van der Waals surface area contributed by atoms with Gasteiger partial charge in [0.1, 0.15) is 12.4 Å². The van der Waals surface area contributed by atoms with E-state index in [0.717, 1.165) is 16.3 Å². The van der Waals surface area contributed by atoms with Crippen molar-refractivity contribution >= 4 is 22.7 Å². The van der Waals surface area contributed by atoms with Gasteiger partial charge >= 0.3 is 11.9 Å². The maximum Gasteiger partial charge on any atom is 0.347 e. The van der Waals surface area contributed by atoms with Crippen LogP contribution in [-0.4, -0.2) is 25.2 Å². The molecule has 3 rings (SSSR count). The molecule has 5 nitrogen and oxygen atoms in total. The minimum Gasteiger partial charge on any atom is -0.478 e. The number of rotatable bonds is 8. The van der Waals surface area contributed by atoms with E-state index in [0.29, 0.717) is 5.75 Å². The van der Waals surface area contributed by atoms with E-state index >= 15 is 0 Å². The van der Waals surface area contributed by atoms with Crippen LogP contribution in [0.3, 0.4) is 0 Å². The Kier molecular flexibility index (Phi) is 6.63. The molecular weight excluding hydrogens is 356 g/mol. The fourth-order valence-electron chi connectivity index (χ4n) is 2.87. The van der Waals surface area contributed by atoms with Crippen molar-refractivity contribution in [3.05, 3.63) is 78.4 Å². The molecule has 0 spiro atoms. The third kappa shape index (κ3) is 5.10. The number of carbonyl (C=O) groups is 2. The molecule has 0 N–H and O–H groups in total. The van der Waals surface area contributed by atoms with Gasteiger partial charge in [-0.05, 0) is 17.0 Å². The molecule has 0 aromatic heterocycles. The van der Waals surface area contributed by atoms with Crippen LogP contribution in [0.4, 0.5) is 0 Å². The van der Waals surface area contributed by atoms with Crippen LogP contribution in [0.2, 0.25) is 0 Å². The molecule has 0 saturated heterocycles. The Morgan fingerprint density at radius 3 is 2.39 bits per heavy atom. The summed E-state index contributed by atoms with van der Waals surface area (Å²) in [6.07, 6.45) is -0.666. The lowest BCUT2D eigenvalue weighted by molar-refractivity contribution is -0.150. The lowest BCUT2D eigenvalue weighted by Gasteiger charge is -2.18. The molecule has 0 bridgehead atoms. The van der Waals surface area contributed by atoms with Crippen LogP contribution in [0.1, 0.15) is 18.4 Å². The molecule has 0 saturated carbocycles. The van der Waals surface area contributed by atoms with Gasteiger partial charge in [0.25, 0.3) is 0 Å². The molecule has 1 atom stereocenters. The Balaban J connectivity index is 1.62. The van der Waals surface area contributed by atoms with Crippen LogP contribution in [-0.2, 0) is 25.7 Å². The van der Waals surface area contributed by atoms with Crippen LogP contribution >= 0.6 is 0 Å². The van der Waals surface area contributed by atoms with E-state index in [1.54, 1.807) is 6.07 Å². The molecule has 3 aromatic rings. The molecule has 0 aliphatic rings. The van der Waals surface area contributed by atoms with E-state index in [-0.39, 0.29) is 25.4 Å². The average molecular weight is 378 g/mol. The molecule has 144 valence electrons. The lowest BCUT2D eigenvalue weighted by atomic mass is 10.1. The highest BCUT2D eigenvalue weighted by atomic mass is 16.6. The van der Waals surface area contributed by atoms with Gasteiger partial charge in [-0.3, -0.25) is 4.79 Å². The number of esters is 2. The number of hydrogen-bond donors (Lipinski definition) is 0. The van der Waals surface area contributed by atoms with Crippen LogP contribution in [0.15, 0.2) is 72.8 Å². The van der Waals surface area contributed by atoms with Crippen molar-refractivity contribution in [2.24, 2.45) is 0 Å². The molecule has 0 fully saturated rings. The quantitative estimate of drug-likeness (QED) is 0.548. The normalized spacial score (nSPS) is 11.6. The van der Waals surface area contributed by atoms with E-state index in [1.165, 1.54) is 7.11 Å². The first-order chi connectivity index (χ1) is 13.7. The Morgan fingerprint density at radius 2 is 1.61 bits per heavy atom. The van der Waals surface area contributed by atoms with Gasteiger partial charge in [-0.25, -0.2) is 4.79 Å². The van der Waals surface area contributed by atoms with Gasteiger partial charge in [-0.1, -0.05) is 66.7 Å². The summed E-state index contributed by atoms with van der Waals surface area (Å²) in [4.78, 5) is 24.2. The number of carbonyl (C=O) groups excluding carboxylic acids is 2. The van der Waals surface area contributed by atoms with Crippen molar-refractivity contribution in [1.29, 1.82) is 0 Å². The molecule has 0 amide bonds. The number of ether oxygens (including phenoxy) is 3. The fraction of sp³-hybridized carbons (Fsp3) is 0.217. The maximum absolute atomic E-state index is 12.1. The summed E-state index contributed by atoms with van der Waals surface area (Å²) in [5, 5.41) is 1.90. The predicted molar refractivity (Wildman–Crippen MR) is 106 cm³/mol. The number of benzene rings is 3. The topological polar surface area (TPSA) is 61.8 Å². The second kappa shape index (κ2) is 9.55. The van der Waals surface area contributed by atoms with Gasteiger partial charge in [0.15, 0.2) is 6.10 Å². The molecule has 3 aromatic carbocycles. The fourth-order valence-corrected chi connectivity index (χ4v) is 2.87. The van der Waals surface area contributed by atoms with Gasteiger partial charge in [0.2, 0.25) is 0 Å². The van der Waals surface area contributed by atoms with E-state index in [4.69, 9.17) is 14.2 Å². The Morgan fingerprint density at radius 1 is 0.893 bits per heavy atom. The Hall–Kier alpha value is -3.34.